The maximum absolute atomic E-state index is 12.0. The van der Waals surface area contributed by atoms with E-state index < -0.39 is 0 Å². The second-order valence-electron chi connectivity index (χ2n) is 5.40. The molecule has 0 fully saturated rings. The fourth-order valence-electron chi connectivity index (χ4n) is 2.13. The first-order chi connectivity index (χ1) is 13.0. The number of nitrogens with one attached hydrogen (secondary N) is 1. The highest BCUT2D eigenvalue weighted by Gasteiger charge is 2.07. The third kappa shape index (κ3) is 5.11. The second kappa shape index (κ2) is 8.74. The summed E-state index contributed by atoms with van der Waals surface area (Å²) in [7, 11) is 0. The molecule has 3 aromatic rings. The van der Waals surface area contributed by atoms with Gasteiger partial charge in [0.15, 0.2) is 6.61 Å². The molecular weight excluding hydrogens is 436 g/mol. The molecule has 0 radical (unpaired) electrons. The number of hydrogen-bond acceptors (Lipinski definition) is 6. The molecule has 0 saturated heterocycles. The van der Waals surface area contributed by atoms with Crippen LogP contribution in [0.4, 0.5) is 0 Å². The summed E-state index contributed by atoms with van der Waals surface area (Å²) >= 11 is 9.20. The zero-order valence-electron chi connectivity index (χ0n) is 14.1. The largest absolute Gasteiger partial charge is 0.483 e. The maximum atomic E-state index is 12.0. The Morgan fingerprint density at radius 3 is 2.93 bits per heavy atom. The van der Waals surface area contributed by atoms with Gasteiger partial charge in [-0.3, -0.25) is 4.79 Å². The van der Waals surface area contributed by atoms with Crippen molar-refractivity contribution in [2.24, 2.45) is 5.10 Å². The van der Waals surface area contributed by atoms with Crippen LogP contribution in [0.15, 0.2) is 58.4 Å². The zero-order valence-corrected chi connectivity index (χ0v) is 16.5. The summed E-state index contributed by atoms with van der Waals surface area (Å²) in [5, 5.41) is 15.7. The van der Waals surface area contributed by atoms with Crippen molar-refractivity contribution in [1.29, 1.82) is 0 Å². The number of carbonyl (C=O) groups excluding carboxylic acids is 1. The Bertz CT molecular complexity index is 977. The standard InChI is InChI=1S/C17H14BrClN6O2/c1-11(12-3-2-4-14(7-12)25-10-20-23-24-25)21-22-17(26)9-27-16-6-5-13(19)8-15(16)18/h2-8,10H,9H2,1H3,(H,22,26). The van der Waals surface area contributed by atoms with E-state index in [2.05, 4.69) is 42.0 Å². The Kier molecular flexibility index (Phi) is 6.15. The Morgan fingerprint density at radius 1 is 1.33 bits per heavy atom. The van der Waals surface area contributed by atoms with E-state index in [0.717, 1.165) is 11.3 Å². The van der Waals surface area contributed by atoms with E-state index in [1.165, 1.54) is 11.0 Å². The minimum Gasteiger partial charge on any atom is -0.483 e. The lowest BCUT2D eigenvalue weighted by atomic mass is 10.1. The Balaban J connectivity index is 1.60. The molecule has 1 amide bonds. The molecule has 10 heteroatoms. The van der Waals surface area contributed by atoms with Crippen molar-refractivity contribution in [3.63, 3.8) is 0 Å². The molecule has 8 nitrogen and oxygen atoms in total. The monoisotopic (exact) mass is 448 g/mol. The number of halogens is 2. The predicted octanol–water partition coefficient (Wildman–Crippen LogP) is 3.00. The second-order valence-corrected chi connectivity index (χ2v) is 6.69. The Hall–Kier alpha value is -2.78. The number of benzene rings is 2. The number of amides is 1. The van der Waals surface area contributed by atoms with Gasteiger partial charge in [-0.1, -0.05) is 23.7 Å². The topological polar surface area (TPSA) is 94.3 Å². The molecule has 1 heterocycles. The lowest BCUT2D eigenvalue weighted by Gasteiger charge is -2.08. The smallest absolute Gasteiger partial charge is 0.277 e. The fourth-order valence-corrected chi connectivity index (χ4v) is 2.93. The number of hydrazone groups is 1. The molecule has 0 unspecified atom stereocenters. The first-order valence-electron chi connectivity index (χ1n) is 7.78. The number of tetrazole rings is 1. The van der Waals surface area contributed by atoms with Crippen LogP contribution < -0.4 is 10.2 Å². The van der Waals surface area contributed by atoms with Gasteiger partial charge in [0.05, 0.1) is 15.9 Å². The molecule has 0 saturated carbocycles. The highest BCUT2D eigenvalue weighted by molar-refractivity contribution is 9.10. The average Bonchev–Trinajstić information content (AvgIpc) is 3.20. The van der Waals surface area contributed by atoms with Crippen LogP contribution in [0.5, 0.6) is 5.75 Å². The van der Waals surface area contributed by atoms with E-state index in [1.807, 2.05) is 24.3 Å². The van der Waals surface area contributed by atoms with E-state index >= 15 is 0 Å². The molecule has 27 heavy (non-hydrogen) atoms. The summed E-state index contributed by atoms with van der Waals surface area (Å²) in [4.78, 5) is 12.0. The van der Waals surface area contributed by atoms with Crippen molar-refractivity contribution in [2.75, 3.05) is 6.61 Å². The molecule has 2 aromatic carbocycles. The molecule has 0 spiro atoms. The van der Waals surface area contributed by atoms with E-state index in [4.69, 9.17) is 16.3 Å². The van der Waals surface area contributed by atoms with Crippen molar-refractivity contribution in [1.82, 2.24) is 25.6 Å². The van der Waals surface area contributed by atoms with Crippen LogP contribution >= 0.6 is 27.5 Å². The third-order valence-corrected chi connectivity index (χ3v) is 4.33. The zero-order chi connectivity index (χ0) is 19.2. The van der Waals surface area contributed by atoms with Crippen LogP contribution in [0.1, 0.15) is 12.5 Å². The van der Waals surface area contributed by atoms with Gasteiger partial charge in [-0.15, -0.1) is 5.10 Å². The van der Waals surface area contributed by atoms with Crippen LogP contribution in [-0.4, -0.2) is 38.4 Å². The van der Waals surface area contributed by atoms with Crippen molar-refractivity contribution in [2.45, 2.75) is 6.92 Å². The summed E-state index contributed by atoms with van der Waals surface area (Å²) in [6, 6.07) is 12.5. The number of aromatic nitrogens is 4. The SMILES string of the molecule is CC(=NNC(=O)COc1ccc(Cl)cc1Br)c1cccc(-n2cnnn2)c1. The van der Waals surface area contributed by atoms with E-state index in [1.54, 1.807) is 25.1 Å². The van der Waals surface area contributed by atoms with E-state index in [-0.39, 0.29) is 12.5 Å². The summed E-state index contributed by atoms with van der Waals surface area (Å²) < 4.78 is 7.65. The van der Waals surface area contributed by atoms with Crippen LogP contribution in [0, 0.1) is 0 Å². The van der Waals surface area contributed by atoms with Gasteiger partial charge in [-0.05, 0) is 69.2 Å². The van der Waals surface area contributed by atoms with Gasteiger partial charge in [0.2, 0.25) is 0 Å². The lowest BCUT2D eigenvalue weighted by Crippen LogP contribution is -2.25. The van der Waals surface area contributed by atoms with Gasteiger partial charge in [0.1, 0.15) is 12.1 Å². The molecule has 0 aliphatic rings. The summed E-state index contributed by atoms with van der Waals surface area (Å²) in [6.45, 7) is 1.61. The number of ether oxygens (including phenoxy) is 1. The van der Waals surface area contributed by atoms with Gasteiger partial charge in [-0.2, -0.15) is 5.10 Å². The van der Waals surface area contributed by atoms with Crippen LogP contribution in [0.2, 0.25) is 5.02 Å². The van der Waals surface area contributed by atoms with Gasteiger partial charge in [0, 0.05) is 5.02 Å². The van der Waals surface area contributed by atoms with E-state index in [0.29, 0.717) is 21.0 Å². The molecule has 1 N–H and O–H groups in total. The highest BCUT2D eigenvalue weighted by Crippen LogP contribution is 2.27. The molecule has 138 valence electrons. The van der Waals surface area contributed by atoms with Crippen LogP contribution in [0.3, 0.4) is 0 Å². The van der Waals surface area contributed by atoms with E-state index in [9.17, 15) is 4.79 Å². The highest BCUT2D eigenvalue weighted by atomic mass is 79.9. The van der Waals surface area contributed by atoms with Gasteiger partial charge < -0.3 is 4.74 Å². The average molecular weight is 450 g/mol. The van der Waals surface area contributed by atoms with Crippen LogP contribution in [0.25, 0.3) is 5.69 Å². The normalized spacial score (nSPS) is 11.3. The molecule has 0 aliphatic carbocycles. The number of nitrogens with zero attached hydrogens (tertiary/aromatic N) is 5. The summed E-state index contributed by atoms with van der Waals surface area (Å²) in [5.41, 5.74) is 4.71. The van der Waals surface area contributed by atoms with Gasteiger partial charge in [0.25, 0.3) is 5.91 Å². The first kappa shape index (κ1) is 19.0. The summed E-state index contributed by atoms with van der Waals surface area (Å²) in [6.07, 6.45) is 1.50. The first-order valence-corrected chi connectivity index (χ1v) is 8.95. The molecule has 0 aliphatic heterocycles. The molecule has 1 aromatic heterocycles. The predicted molar refractivity (Wildman–Crippen MR) is 104 cm³/mol. The lowest BCUT2D eigenvalue weighted by molar-refractivity contribution is -0.123. The quantitative estimate of drug-likeness (QED) is 0.461. The third-order valence-electron chi connectivity index (χ3n) is 3.48. The Morgan fingerprint density at radius 2 is 2.19 bits per heavy atom. The van der Waals surface area contributed by atoms with Crippen molar-refractivity contribution >= 4 is 39.1 Å². The molecule has 0 atom stereocenters. The summed E-state index contributed by atoms with van der Waals surface area (Å²) in [5.74, 6) is 0.136. The number of hydrogen-bond donors (Lipinski definition) is 1. The number of carbonyl (C=O) groups is 1. The molecule has 0 bridgehead atoms. The maximum Gasteiger partial charge on any atom is 0.277 e. The molecule has 3 rings (SSSR count). The molecular formula is C17H14BrClN6O2. The minimum atomic E-state index is -0.382. The minimum absolute atomic E-state index is 0.179. The van der Waals surface area contributed by atoms with Crippen LogP contribution in [-0.2, 0) is 4.79 Å². The van der Waals surface area contributed by atoms with Crippen molar-refractivity contribution in [3.05, 3.63) is 63.9 Å². The van der Waals surface area contributed by atoms with Gasteiger partial charge in [-0.25, -0.2) is 10.1 Å². The van der Waals surface area contributed by atoms with Gasteiger partial charge >= 0.3 is 0 Å². The van der Waals surface area contributed by atoms with Crippen molar-refractivity contribution < 1.29 is 9.53 Å². The Labute approximate surface area is 168 Å². The fraction of sp³-hybridized carbons (Fsp3) is 0.118. The van der Waals surface area contributed by atoms with Crippen molar-refractivity contribution in [3.8, 4) is 11.4 Å². The number of rotatable bonds is 6.